The molecule has 1 aromatic carbocycles. The van der Waals surface area contributed by atoms with Gasteiger partial charge in [-0.1, -0.05) is 31.5 Å². The van der Waals surface area contributed by atoms with Gasteiger partial charge >= 0.3 is 0 Å². The summed E-state index contributed by atoms with van der Waals surface area (Å²) in [6.45, 7) is 2.10. The number of hydrogen-bond donors (Lipinski definition) is 0. The average molecular weight is 213 g/mol. The highest BCUT2D eigenvalue weighted by atomic mass is 16.1. The fourth-order valence-corrected chi connectivity index (χ4v) is 1.83. The first-order valence-electron chi connectivity index (χ1n) is 5.69. The molecule has 0 aliphatic carbocycles. The molecule has 82 valence electrons. The van der Waals surface area contributed by atoms with Gasteiger partial charge in [-0.3, -0.25) is 9.78 Å². The molecule has 0 unspecified atom stereocenters. The second-order valence-electron chi connectivity index (χ2n) is 3.93. The average Bonchev–Trinajstić information content (AvgIpc) is 2.35. The highest BCUT2D eigenvalue weighted by molar-refractivity contribution is 6.07. The standard InChI is InChI=1S/C14H15NO/c1-2-3-7-14(16)12-6-4-5-11-8-9-15-10-13(11)12/h4-6,8-10H,2-3,7H2,1H3. The number of unbranched alkanes of at least 4 members (excludes halogenated alkanes) is 1. The lowest BCUT2D eigenvalue weighted by atomic mass is 10.0. The molecule has 0 saturated heterocycles. The van der Waals surface area contributed by atoms with Gasteiger partial charge in [0.1, 0.15) is 0 Å². The van der Waals surface area contributed by atoms with Crippen LogP contribution in [0.2, 0.25) is 0 Å². The summed E-state index contributed by atoms with van der Waals surface area (Å²) in [5.41, 5.74) is 0.805. The zero-order valence-corrected chi connectivity index (χ0v) is 9.44. The normalized spacial score (nSPS) is 10.6. The summed E-state index contributed by atoms with van der Waals surface area (Å²) >= 11 is 0. The quantitative estimate of drug-likeness (QED) is 0.726. The van der Waals surface area contributed by atoms with E-state index in [1.807, 2.05) is 24.3 Å². The molecular weight excluding hydrogens is 198 g/mol. The van der Waals surface area contributed by atoms with E-state index in [2.05, 4.69) is 11.9 Å². The van der Waals surface area contributed by atoms with Crippen LogP contribution in [0.1, 0.15) is 36.5 Å². The van der Waals surface area contributed by atoms with Crippen LogP contribution in [0.15, 0.2) is 36.7 Å². The Labute approximate surface area is 95.3 Å². The summed E-state index contributed by atoms with van der Waals surface area (Å²) in [6, 6.07) is 7.77. The van der Waals surface area contributed by atoms with Gasteiger partial charge in [-0.15, -0.1) is 0 Å². The number of Topliss-reactive ketones (excluding diaryl/α,β-unsaturated/α-hetero) is 1. The minimum atomic E-state index is 0.223. The molecule has 0 atom stereocenters. The molecule has 2 rings (SSSR count). The number of benzene rings is 1. The second kappa shape index (κ2) is 4.88. The lowest BCUT2D eigenvalue weighted by molar-refractivity contribution is 0.0981. The molecule has 0 N–H and O–H groups in total. The lowest BCUT2D eigenvalue weighted by Crippen LogP contribution is -1.99. The minimum Gasteiger partial charge on any atom is -0.294 e. The van der Waals surface area contributed by atoms with E-state index in [1.165, 1.54) is 0 Å². The van der Waals surface area contributed by atoms with Crippen molar-refractivity contribution in [1.82, 2.24) is 4.98 Å². The van der Waals surface area contributed by atoms with Crippen molar-refractivity contribution in [3.05, 3.63) is 42.2 Å². The van der Waals surface area contributed by atoms with E-state index in [0.29, 0.717) is 6.42 Å². The highest BCUT2D eigenvalue weighted by Gasteiger charge is 2.08. The second-order valence-corrected chi connectivity index (χ2v) is 3.93. The third-order valence-electron chi connectivity index (χ3n) is 2.74. The summed E-state index contributed by atoms with van der Waals surface area (Å²) < 4.78 is 0. The lowest BCUT2D eigenvalue weighted by Gasteiger charge is -2.04. The van der Waals surface area contributed by atoms with Crippen LogP contribution in [0.3, 0.4) is 0 Å². The number of pyridine rings is 1. The summed E-state index contributed by atoms with van der Waals surface area (Å²) in [5.74, 6) is 0.223. The molecule has 0 amide bonds. The number of rotatable bonds is 4. The van der Waals surface area contributed by atoms with Gasteiger partial charge < -0.3 is 0 Å². The van der Waals surface area contributed by atoms with Crippen LogP contribution >= 0.6 is 0 Å². The third kappa shape index (κ3) is 2.11. The van der Waals surface area contributed by atoms with Crippen LogP contribution in [0.25, 0.3) is 10.8 Å². The van der Waals surface area contributed by atoms with E-state index < -0.39 is 0 Å². The Morgan fingerprint density at radius 1 is 1.31 bits per heavy atom. The molecule has 16 heavy (non-hydrogen) atoms. The predicted molar refractivity (Wildman–Crippen MR) is 65.6 cm³/mol. The van der Waals surface area contributed by atoms with Crippen molar-refractivity contribution in [3.8, 4) is 0 Å². The first-order valence-corrected chi connectivity index (χ1v) is 5.69. The van der Waals surface area contributed by atoms with Gasteiger partial charge in [0.2, 0.25) is 0 Å². The Balaban J connectivity index is 2.40. The molecule has 0 aliphatic rings. The molecule has 0 aliphatic heterocycles. The maximum absolute atomic E-state index is 12.0. The van der Waals surface area contributed by atoms with Crippen LogP contribution in [-0.4, -0.2) is 10.8 Å². The summed E-state index contributed by atoms with van der Waals surface area (Å²) in [7, 11) is 0. The van der Waals surface area contributed by atoms with Crippen molar-refractivity contribution in [3.63, 3.8) is 0 Å². The van der Waals surface area contributed by atoms with E-state index in [4.69, 9.17) is 0 Å². The van der Waals surface area contributed by atoms with E-state index in [1.54, 1.807) is 12.4 Å². The van der Waals surface area contributed by atoms with Crippen LogP contribution in [0.5, 0.6) is 0 Å². The molecule has 2 nitrogen and oxygen atoms in total. The van der Waals surface area contributed by atoms with Crippen molar-refractivity contribution in [2.24, 2.45) is 0 Å². The summed E-state index contributed by atoms with van der Waals surface area (Å²) in [5, 5.41) is 2.04. The first-order chi connectivity index (χ1) is 7.83. The Hall–Kier alpha value is -1.70. The maximum Gasteiger partial charge on any atom is 0.163 e. The number of hydrogen-bond acceptors (Lipinski definition) is 2. The minimum absolute atomic E-state index is 0.223. The van der Waals surface area contributed by atoms with Crippen LogP contribution in [0, 0.1) is 0 Å². The number of aromatic nitrogens is 1. The van der Waals surface area contributed by atoms with Crippen molar-refractivity contribution >= 4 is 16.6 Å². The van der Waals surface area contributed by atoms with Gasteiger partial charge in [0.15, 0.2) is 5.78 Å². The molecule has 2 heteroatoms. The number of nitrogens with zero attached hydrogens (tertiary/aromatic N) is 1. The van der Waals surface area contributed by atoms with Crippen LogP contribution < -0.4 is 0 Å². The fraction of sp³-hybridized carbons (Fsp3) is 0.286. The highest BCUT2D eigenvalue weighted by Crippen LogP contribution is 2.19. The van der Waals surface area contributed by atoms with Crippen molar-refractivity contribution in [2.45, 2.75) is 26.2 Å². The van der Waals surface area contributed by atoms with E-state index in [0.717, 1.165) is 29.2 Å². The molecule has 0 saturated carbocycles. The Morgan fingerprint density at radius 2 is 2.19 bits per heavy atom. The number of carbonyl (C=O) groups is 1. The molecule has 0 bridgehead atoms. The molecule has 2 aromatic rings. The van der Waals surface area contributed by atoms with Gasteiger partial charge in [0.05, 0.1) is 0 Å². The summed E-state index contributed by atoms with van der Waals surface area (Å²) in [4.78, 5) is 16.1. The molecule has 0 radical (unpaired) electrons. The SMILES string of the molecule is CCCCC(=O)c1cccc2ccncc12. The van der Waals surface area contributed by atoms with E-state index in [9.17, 15) is 4.79 Å². The Kier molecular flexibility index (Phi) is 3.30. The van der Waals surface area contributed by atoms with Crippen LogP contribution in [-0.2, 0) is 0 Å². The topological polar surface area (TPSA) is 30.0 Å². The third-order valence-corrected chi connectivity index (χ3v) is 2.74. The van der Waals surface area contributed by atoms with Crippen molar-refractivity contribution in [1.29, 1.82) is 0 Å². The Bertz CT molecular complexity index is 500. The molecular formula is C14H15NO. The monoisotopic (exact) mass is 213 g/mol. The zero-order valence-electron chi connectivity index (χ0n) is 9.44. The number of fused-ring (bicyclic) bond motifs is 1. The molecule has 0 fully saturated rings. The smallest absolute Gasteiger partial charge is 0.163 e. The van der Waals surface area contributed by atoms with Gasteiger partial charge in [0, 0.05) is 29.8 Å². The predicted octanol–water partition coefficient (Wildman–Crippen LogP) is 3.61. The Morgan fingerprint density at radius 3 is 3.00 bits per heavy atom. The largest absolute Gasteiger partial charge is 0.294 e. The molecule has 1 heterocycles. The van der Waals surface area contributed by atoms with Crippen LogP contribution in [0.4, 0.5) is 0 Å². The van der Waals surface area contributed by atoms with Gasteiger partial charge in [-0.2, -0.15) is 0 Å². The van der Waals surface area contributed by atoms with E-state index >= 15 is 0 Å². The maximum atomic E-state index is 12.0. The van der Waals surface area contributed by atoms with Gasteiger partial charge in [-0.25, -0.2) is 0 Å². The molecule has 0 spiro atoms. The number of carbonyl (C=O) groups excluding carboxylic acids is 1. The number of ketones is 1. The zero-order chi connectivity index (χ0) is 11.4. The summed E-state index contributed by atoms with van der Waals surface area (Å²) in [6.07, 6.45) is 6.16. The fourth-order valence-electron chi connectivity index (χ4n) is 1.83. The molecule has 1 aromatic heterocycles. The van der Waals surface area contributed by atoms with Crippen molar-refractivity contribution in [2.75, 3.05) is 0 Å². The first kappa shape index (κ1) is 10.8. The van der Waals surface area contributed by atoms with Gasteiger partial charge in [0.25, 0.3) is 0 Å². The van der Waals surface area contributed by atoms with Crippen molar-refractivity contribution < 1.29 is 4.79 Å². The van der Waals surface area contributed by atoms with Gasteiger partial charge in [-0.05, 0) is 17.9 Å². The van der Waals surface area contributed by atoms with E-state index in [-0.39, 0.29) is 5.78 Å².